The Kier molecular flexibility index (Phi) is 4.34. The standard InChI is InChI=1S/C25H22N6/c1-2-8-18(9-3-1)23-26-21-11-5-4-10-20(21)25(27-23)30-16-13-19(14-17-30)24-29-28-22-12-6-7-15-31(22)24/h1-12,15,19H,13-14,16-17H2. The van der Waals surface area contributed by atoms with Gasteiger partial charge in [0.05, 0.1) is 5.52 Å². The van der Waals surface area contributed by atoms with Crippen LogP contribution in [0.2, 0.25) is 0 Å². The summed E-state index contributed by atoms with van der Waals surface area (Å²) in [4.78, 5) is 12.2. The van der Waals surface area contributed by atoms with E-state index in [0.29, 0.717) is 5.92 Å². The van der Waals surface area contributed by atoms with Crippen molar-refractivity contribution < 1.29 is 0 Å². The molecule has 0 spiro atoms. The smallest absolute Gasteiger partial charge is 0.162 e. The number of hydrogen-bond donors (Lipinski definition) is 0. The maximum Gasteiger partial charge on any atom is 0.162 e. The minimum Gasteiger partial charge on any atom is -0.356 e. The van der Waals surface area contributed by atoms with Crippen molar-refractivity contribution in [1.29, 1.82) is 0 Å². The Hall–Kier alpha value is -3.80. The average Bonchev–Trinajstić information content (AvgIpc) is 3.28. The SMILES string of the molecule is c1ccc(-c2nc(N3CCC(c4nnc5ccccn45)CC3)c3ccccc3n2)cc1. The zero-order chi connectivity index (χ0) is 20.6. The molecule has 1 saturated heterocycles. The molecule has 152 valence electrons. The van der Waals surface area contributed by atoms with E-state index in [1.807, 2.05) is 42.5 Å². The number of benzene rings is 2. The molecular formula is C25H22N6. The van der Waals surface area contributed by atoms with Crippen LogP contribution in [0.25, 0.3) is 27.9 Å². The van der Waals surface area contributed by atoms with Crippen molar-refractivity contribution in [2.75, 3.05) is 18.0 Å². The molecule has 0 bridgehead atoms. The molecule has 0 saturated carbocycles. The van der Waals surface area contributed by atoms with Crippen LogP contribution in [0.4, 0.5) is 5.82 Å². The molecule has 1 aliphatic rings. The predicted molar refractivity (Wildman–Crippen MR) is 122 cm³/mol. The van der Waals surface area contributed by atoms with Crippen LogP contribution in [0.3, 0.4) is 0 Å². The van der Waals surface area contributed by atoms with E-state index in [2.05, 4.69) is 56.0 Å². The summed E-state index contributed by atoms with van der Waals surface area (Å²) in [6.07, 6.45) is 4.10. The Balaban J connectivity index is 1.33. The first-order valence-electron chi connectivity index (χ1n) is 10.7. The number of para-hydroxylation sites is 1. The Morgan fingerprint density at radius 2 is 1.52 bits per heavy atom. The quantitative estimate of drug-likeness (QED) is 0.434. The lowest BCUT2D eigenvalue weighted by molar-refractivity contribution is 0.481. The monoisotopic (exact) mass is 406 g/mol. The third kappa shape index (κ3) is 3.20. The van der Waals surface area contributed by atoms with Crippen molar-refractivity contribution in [3.8, 4) is 11.4 Å². The van der Waals surface area contributed by atoms with E-state index in [-0.39, 0.29) is 0 Å². The Labute approximate surface area is 180 Å². The average molecular weight is 406 g/mol. The molecule has 2 aromatic carbocycles. The highest BCUT2D eigenvalue weighted by atomic mass is 15.3. The van der Waals surface area contributed by atoms with Gasteiger partial charge in [0.2, 0.25) is 0 Å². The molecule has 0 radical (unpaired) electrons. The highest BCUT2D eigenvalue weighted by molar-refractivity contribution is 5.91. The van der Waals surface area contributed by atoms with Gasteiger partial charge in [0, 0.05) is 36.2 Å². The van der Waals surface area contributed by atoms with Crippen LogP contribution < -0.4 is 4.90 Å². The summed E-state index contributed by atoms with van der Waals surface area (Å²) in [5, 5.41) is 9.93. The largest absolute Gasteiger partial charge is 0.356 e. The Bertz CT molecular complexity index is 1350. The maximum atomic E-state index is 5.01. The molecule has 1 aliphatic heterocycles. The van der Waals surface area contributed by atoms with E-state index in [1.165, 1.54) is 0 Å². The van der Waals surface area contributed by atoms with Gasteiger partial charge in [-0.15, -0.1) is 10.2 Å². The van der Waals surface area contributed by atoms with Gasteiger partial charge >= 0.3 is 0 Å². The van der Waals surface area contributed by atoms with E-state index in [1.54, 1.807) is 0 Å². The summed E-state index contributed by atoms with van der Waals surface area (Å²) in [5.74, 6) is 3.26. The molecule has 0 unspecified atom stereocenters. The third-order valence-corrected chi connectivity index (χ3v) is 6.11. The number of nitrogens with zero attached hydrogens (tertiary/aromatic N) is 6. The van der Waals surface area contributed by atoms with Gasteiger partial charge in [-0.3, -0.25) is 4.40 Å². The number of aromatic nitrogens is 5. The van der Waals surface area contributed by atoms with Gasteiger partial charge in [0.15, 0.2) is 11.5 Å². The van der Waals surface area contributed by atoms with Gasteiger partial charge in [-0.1, -0.05) is 48.5 Å². The van der Waals surface area contributed by atoms with Gasteiger partial charge in [0.1, 0.15) is 11.6 Å². The molecule has 3 aromatic heterocycles. The lowest BCUT2D eigenvalue weighted by Crippen LogP contribution is -2.34. The molecule has 1 fully saturated rings. The number of rotatable bonds is 3. The maximum absolute atomic E-state index is 5.01. The summed E-state index contributed by atoms with van der Waals surface area (Å²) in [7, 11) is 0. The highest BCUT2D eigenvalue weighted by Crippen LogP contribution is 2.33. The molecule has 5 aromatic rings. The minimum absolute atomic E-state index is 0.398. The number of fused-ring (bicyclic) bond motifs is 2. The summed E-state index contributed by atoms with van der Waals surface area (Å²) >= 11 is 0. The van der Waals surface area contributed by atoms with Crippen molar-refractivity contribution in [2.45, 2.75) is 18.8 Å². The molecule has 0 N–H and O–H groups in total. The van der Waals surface area contributed by atoms with Crippen molar-refractivity contribution in [3.63, 3.8) is 0 Å². The second-order valence-electron chi connectivity index (χ2n) is 8.00. The zero-order valence-electron chi connectivity index (χ0n) is 17.1. The highest BCUT2D eigenvalue weighted by Gasteiger charge is 2.26. The molecule has 0 amide bonds. The Morgan fingerprint density at radius 3 is 2.39 bits per heavy atom. The minimum atomic E-state index is 0.398. The third-order valence-electron chi connectivity index (χ3n) is 6.11. The van der Waals surface area contributed by atoms with Crippen LogP contribution in [0.1, 0.15) is 24.6 Å². The van der Waals surface area contributed by atoms with Crippen molar-refractivity contribution in [1.82, 2.24) is 24.6 Å². The summed E-state index contributed by atoms with van der Waals surface area (Å²) in [5.41, 5.74) is 2.94. The summed E-state index contributed by atoms with van der Waals surface area (Å²) in [6, 6.07) is 24.5. The van der Waals surface area contributed by atoms with Crippen LogP contribution in [0, 0.1) is 0 Å². The first-order valence-corrected chi connectivity index (χ1v) is 10.7. The van der Waals surface area contributed by atoms with E-state index >= 15 is 0 Å². The fourth-order valence-electron chi connectivity index (χ4n) is 4.50. The van der Waals surface area contributed by atoms with E-state index in [0.717, 1.165) is 65.5 Å². The van der Waals surface area contributed by atoms with Gasteiger partial charge in [-0.05, 0) is 37.1 Å². The second kappa shape index (κ2) is 7.47. The van der Waals surface area contributed by atoms with E-state index in [4.69, 9.17) is 9.97 Å². The topological polar surface area (TPSA) is 59.2 Å². The normalized spacial score (nSPS) is 15.0. The molecule has 4 heterocycles. The lowest BCUT2D eigenvalue weighted by Gasteiger charge is -2.32. The zero-order valence-corrected chi connectivity index (χ0v) is 17.1. The fraction of sp³-hybridized carbons (Fsp3) is 0.200. The summed E-state index contributed by atoms with van der Waals surface area (Å²) < 4.78 is 2.12. The molecule has 6 nitrogen and oxygen atoms in total. The molecule has 31 heavy (non-hydrogen) atoms. The number of piperidine rings is 1. The van der Waals surface area contributed by atoms with Gasteiger partial charge < -0.3 is 4.90 Å². The van der Waals surface area contributed by atoms with Gasteiger partial charge in [0.25, 0.3) is 0 Å². The summed E-state index contributed by atoms with van der Waals surface area (Å²) in [6.45, 7) is 1.86. The van der Waals surface area contributed by atoms with Crippen LogP contribution in [0.15, 0.2) is 79.0 Å². The van der Waals surface area contributed by atoms with Crippen molar-refractivity contribution >= 4 is 22.4 Å². The molecule has 6 rings (SSSR count). The predicted octanol–water partition coefficient (Wildman–Crippen LogP) is 4.72. The number of pyridine rings is 1. The number of hydrogen-bond acceptors (Lipinski definition) is 5. The number of anilines is 1. The van der Waals surface area contributed by atoms with Crippen LogP contribution in [-0.4, -0.2) is 37.7 Å². The van der Waals surface area contributed by atoms with Crippen molar-refractivity contribution in [2.24, 2.45) is 0 Å². The fourth-order valence-corrected chi connectivity index (χ4v) is 4.50. The Morgan fingerprint density at radius 1 is 0.742 bits per heavy atom. The lowest BCUT2D eigenvalue weighted by atomic mass is 9.95. The molecule has 0 atom stereocenters. The first kappa shape index (κ1) is 18.0. The van der Waals surface area contributed by atoms with Gasteiger partial charge in [-0.2, -0.15) is 0 Å². The van der Waals surface area contributed by atoms with Crippen molar-refractivity contribution in [3.05, 3.63) is 84.8 Å². The first-order chi connectivity index (χ1) is 15.4. The van der Waals surface area contributed by atoms with Crippen LogP contribution in [-0.2, 0) is 0 Å². The van der Waals surface area contributed by atoms with Crippen LogP contribution >= 0.6 is 0 Å². The van der Waals surface area contributed by atoms with E-state index < -0.39 is 0 Å². The van der Waals surface area contributed by atoms with Gasteiger partial charge in [-0.25, -0.2) is 9.97 Å². The molecular weight excluding hydrogens is 384 g/mol. The van der Waals surface area contributed by atoms with E-state index in [9.17, 15) is 0 Å². The molecule has 6 heteroatoms. The molecule has 0 aliphatic carbocycles. The van der Waals surface area contributed by atoms with Crippen LogP contribution in [0.5, 0.6) is 0 Å². The second-order valence-corrected chi connectivity index (χ2v) is 8.00.